The van der Waals surface area contributed by atoms with Crippen LogP contribution in [0.15, 0.2) is 33.9 Å². The minimum absolute atomic E-state index is 0.608. The van der Waals surface area contributed by atoms with E-state index in [2.05, 4.69) is 24.9 Å². The molecule has 0 N–H and O–H groups in total. The van der Waals surface area contributed by atoms with E-state index in [4.69, 9.17) is 4.52 Å². The number of rotatable bonds is 4. The maximum atomic E-state index is 5.40. The highest BCUT2D eigenvalue weighted by molar-refractivity contribution is 7.98. The standard InChI is InChI=1S/C17H19N5OS/c1-12-7-4-5-8-13(12)16-18-15(23-21-16)11-24-17-20-19-14-9-3-2-6-10-22(14)17/h4-5,7-8H,2-3,6,9-11H2,1H3. The second-order valence-corrected chi connectivity index (χ2v) is 6.92. The van der Waals surface area contributed by atoms with Crippen LogP contribution in [0.3, 0.4) is 0 Å². The number of fused-ring (bicyclic) bond motifs is 1. The molecule has 124 valence electrons. The van der Waals surface area contributed by atoms with Crippen LogP contribution in [0.1, 0.15) is 36.5 Å². The zero-order chi connectivity index (χ0) is 16.4. The third kappa shape index (κ3) is 3.08. The second-order valence-electron chi connectivity index (χ2n) is 5.98. The lowest BCUT2D eigenvalue weighted by atomic mass is 10.1. The van der Waals surface area contributed by atoms with Crippen LogP contribution in [0, 0.1) is 6.92 Å². The van der Waals surface area contributed by atoms with Gasteiger partial charge in [0.2, 0.25) is 11.7 Å². The van der Waals surface area contributed by atoms with Crippen molar-refractivity contribution in [2.45, 2.75) is 50.1 Å². The molecular formula is C17H19N5OS. The Morgan fingerprint density at radius 2 is 2.08 bits per heavy atom. The molecule has 3 aromatic rings. The molecule has 1 aliphatic heterocycles. The molecular weight excluding hydrogens is 322 g/mol. The minimum atomic E-state index is 0.608. The fraction of sp³-hybridized carbons (Fsp3) is 0.412. The van der Waals surface area contributed by atoms with E-state index >= 15 is 0 Å². The van der Waals surface area contributed by atoms with E-state index in [1.807, 2.05) is 31.2 Å². The molecule has 0 radical (unpaired) electrons. The van der Waals surface area contributed by atoms with Crippen molar-refractivity contribution in [3.05, 3.63) is 41.5 Å². The Morgan fingerprint density at radius 3 is 3.00 bits per heavy atom. The highest BCUT2D eigenvalue weighted by Crippen LogP contribution is 2.26. The molecule has 6 nitrogen and oxygen atoms in total. The van der Waals surface area contributed by atoms with E-state index < -0.39 is 0 Å². The van der Waals surface area contributed by atoms with Crippen LogP contribution in [0.4, 0.5) is 0 Å². The van der Waals surface area contributed by atoms with Crippen LogP contribution in [0.25, 0.3) is 11.4 Å². The second kappa shape index (κ2) is 6.76. The predicted octanol–water partition coefficient (Wildman–Crippen LogP) is 3.66. The molecule has 4 rings (SSSR count). The van der Waals surface area contributed by atoms with Gasteiger partial charge in [0.15, 0.2) is 5.16 Å². The average molecular weight is 341 g/mol. The number of aryl methyl sites for hydroxylation is 2. The lowest BCUT2D eigenvalue weighted by Crippen LogP contribution is -2.02. The summed E-state index contributed by atoms with van der Waals surface area (Å²) in [6, 6.07) is 8.05. The molecule has 0 aliphatic carbocycles. The smallest absolute Gasteiger partial charge is 0.237 e. The average Bonchev–Trinajstić information content (AvgIpc) is 3.14. The van der Waals surface area contributed by atoms with Gasteiger partial charge in [0.25, 0.3) is 0 Å². The van der Waals surface area contributed by atoms with Crippen molar-refractivity contribution in [2.24, 2.45) is 0 Å². The Hall–Kier alpha value is -2.15. The monoisotopic (exact) mass is 341 g/mol. The molecule has 0 unspecified atom stereocenters. The number of nitrogens with zero attached hydrogens (tertiary/aromatic N) is 5. The first-order valence-corrected chi connectivity index (χ1v) is 9.23. The van der Waals surface area contributed by atoms with Gasteiger partial charge in [0.05, 0.1) is 5.75 Å². The maximum absolute atomic E-state index is 5.40. The molecule has 0 fully saturated rings. The Labute approximate surface area is 144 Å². The van der Waals surface area contributed by atoms with Crippen molar-refractivity contribution < 1.29 is 4.52 Å². The molecule has 0 saturated heterocycles. The van der Waals surface area contributed by atoms with Crippen molar-refractivity contribution in [2.75, 3.05) is 0 Å². The summed E-state index contributed by atoms with van der Waals surface area (Å²) < 4.78 is 7.63. The zero-order valence-electron chi connectivity index (χ0n) is 13.6. The van der Waals surface area contributed by atoms with Gasteiger partial charge < -0.3 is 9.09 Å². The van der Waals surface area contributed by atoms with Crippen molar-refractivity contribution in [1.82, 2.24) is 24.9 Å². The highest BCUT2D eigenvalue weighted by atomic mass is 32.2. The van der Waals surface area contributed by atoms with Crippen LogP contribution in [0.5, 0.6) is 0 Å². The molecule has 1 aliphatic rings. The third-order valence-electron chi connectivity index (χ3n) is 4.25. The van der Waals surface area contributed by atoms with Crippen molar-refractivity contribution >= 4 is 11.8 Å². The third-order valence-corrected chi connectivity index (χ3v) is 5.21. The van der Waals surface area contributed by atoms with Crippen LogP contribution in [-0.2, 0) is 18.7 Å². The number of aromatic nitrogens is 5. The SMILES string of the molecule is Cc1ccccc1-c1noc(CSc2nnc3n2CCCCC3)n1. The van der Waals surface area contributed by atoms with E-state index in [0.717, 1.165) is 35.1 Å². The van der Waals surface area contributed by atoms with Crippen LogP contribution in [-0.4, -0.2) is 24.9 Å². The van der Waals surface area contributed by atoms with E-state index in [9.17, 15) is 0 Å². The largest absolute Gasteiger partial charge is 0.338 e. The molecule has 1 aromatic carbocycles. The van der Waals surface area contributed by atoms with Crippen LogP contribution >= 0.6 is 11.8 Å². The van der Waals surface area contributed by atoms with Gasteiger partial charge in [-0.25, -0.2) is 0 Å². The van der Waals surface area contributed by atoms with Crippen molar-refractivity contribution in [3.63, 3.8) is 0 Å². The summed E-state index contributed by atoms with van der Waals surface area (Å²) in [5.74, 6) is 2.96. The molecule has 0 atom stereocenters. The molecule has 24 heavy (non-hydrogen) atoms. The van der Waals surface area contributed by atoms with Gasteiger partial charge in [0.1, 0.15) is 5.82 Å². The molecule has 3 heterocycles. The molecule has 0 saturated carbocycles. The topological polar surface area (TPSA) is 69.6 Å². The van der Waals surface area contributed by atoms with Crippen LogP contribution in [0.2, 0.25) is 0 Å². The Kier molecular flexibility index (Phi) is 4.34. The summed E-state index contributed by atoms with van der Waals surface area (Å²) in [7, 11) is 0. The number of benzene rings is 1. The summed E-state index contributed by atoms with van der Waals surface area (Å²) in [6.07, 6.45) is 4.67. The lowest BCUT2D eigenvalue weighted by molar-refractivity contribution is 0.391. The highest BCUT2D eigenvalue weighted by Gasteiger charge is 2.17. The normalized spacial score (nSPS) is 14.4. The van der Waals surface area contributed by atoms with E-state index in [1.54, 1.807) is 11.8 Å². The number of hydrogen-bond donors (Lipinski definition) is 0. The van der Waals surface area contributed by atoms with E-state index in [0.29, 0.717) is 17.5 Å². The lowest BCUT2D eigenvalue weighted by Gasteiger charge is -2.04. The van der Waals surface area contributed by atoms with Gasteiger partial charge in [-0.2, -0.15) is 4.98 Å². The maximum Gasteiger partial charge on any atom is 0.237 e. The first-order valence-electron chi connectivity index (χ1n) is 8.25. The summed E-state index contributed by atoms with van der Waals surface area (Å²) >= 11 is 1.61. The fourth-order valence-corrected chi connectivity index (χ4v) is 3.76. The molecule has 2 aromatic heterocycles. The Balaban J connectivity index is 1.48. The summed E-state index contributed by atoms with van der Waals surface area (Å²) in [4.78, 5) is 4.52. The minimum Gasteiger partial charge on any atom is -0.338 e. The Bertz CT molecular complexity index is 841. The summed E-state index contributed by atoms with van der Waals surface area (Å²) in [6.45, 7) is 3.05. The predicted molar refractivity (Wildman–Crippen MR) is 91.6 cm³/mol. The summed E-state index contributed by atoms with van der Waals surface area (Å²) in [5, 5.41) is 13.7. The number of thioether (sulfide) groups is 1. The van der Waals surface area contributed by atoms with Gasteiger partial charge in [-0.3, -0.25) is 0 Å². The first-order chi connectivity index (χ1) is 11.8. The van der Waals surface area contributed by atoms with Crippen molar-refractivity contribution in [3.8, 4) is 11.4 Å². The number of hydrogen-bond acceptors (Lipinski definition) is 6. The molecule has 0 amide bonds. The van der Waals surface area contributed by atoms with E-state index in [1.165, 1.54) is 19.3 Å². The summed E-state index contributed by atoms with van der Waals surface area (Å²) in [5.41, 5.74) is 2.15. The van der Waals surface area contributed by atoms with Gasteiger partial charge in [-0.15, -0.1) is 10.2 Å². The van der Waals surface area contributed by atoms with Gasteiger partial charge in [0, 0.05) is 18.5 Å². The van der Waals surface area contributed by atoms with Gasteiger partial charge >= 0.3 is 0 Å². The molecule has 7 heteroatoms. The van der Waals surface area contributed by atoms with E-state index in [-0.39, 0.29) is 0 Å². The Morgan fingerprint density at radius 1 is 1.17 bits per heavy atom. The fourth-order valence-electron chi connectivity index (χ4n) is 2.94. The van der Waals surface area contributed by atoms with Gasteiger partial charge in [-0.1, -0.05) is 47.6 Å². The zero-order valence-corrected chi connectivity index (χ0v) is 14.4. The molecule has 0 spiro atoms. The quantitative estimate of drug-likeness (QED) is 0.675. The van der Waals surface area contributed by atoms with Crippen LogP contribution < -0.4 is 0 Å². The molecule has 0 bridgehead atoms. The van der Waals surface area contributed by atoms with Crippen molar-refractivity contribution in [1.29, 1.82) is 0 Å². The van der Waals surface area contributed by atoms with Gasteiger partial charge in [-0.05, 0) is 25.3 Å². The first kappa shape index (κ1) is 15.4.